The zero-order valence-corrected chi connectivity index (χ0v) is 12.3. The van der Waals surface area contributed by atoms with Crippen molar-refractivity contribution in [2.24, 2.45) is 0 Å². The molecule has 0 saturated heterocycles. The van der Waals surface area contributed by atoms with Crippen molar-refractivity contribution in [2.45, 2.75) is 19.5 Å². The maximum absolute atomic E-state index is 12.3. The monoisotopic (exact) mass is 323 g/mol. The molecule has 0 aromatic heterocycles. The van der Waals surface area contributed by atoms with Gasteiger partial charge in [0.25, 0.3) is 0 Å². The second-order valence-electron chi connectivity index (χ2n) is 4.51. The number of carbonyl (C=O) groups excluding carboxylic acids is 1. The Labute approximate surface area is 126 Å². The summed E-state index contributed by atoms with van der Waals surface area (Å²) in [6.45, 7) is 0.809. The minimum absolute atomic E-state index is 0.0162. The lowest BCUT2D eigenvalue weighted by Crippen LogP contribution is -2.36. The van der Waals surface area contributed by atoms with Crippen LogP contribution in [0.3, 0.4) is 0 Å². The molecule has 0 spiro atoms. The first-order valence-corrected chi connectivity index (χ1v) is 6.73. The van der Waals surface area contributed by atoms with Crippen LogP contribution < -0.4 is 11.1 Å². The highest BCUT2D eigenvalue weighted by Crippen LogP contribution is 2.23. The van der Waals surface area contributed by atoms with Crippen LogP contribution in [0, 0.1) is 0 Å². The van der Waals surface area contributed by atoms with Gasteiger partial charge < -0.3 is 11.1 Å². The van der Waals surface area contributed by atoms with E-state index >= 15 is 0 Å². The van der Waals surface area contributed by atoms with E-state index in [1.807, 2.05) is 0 Å². The average molecular weight is 324 g/mol. The first-order chi connectivity index (χ1) is 9.71. The molecule has 118 valence electrons. The van der Waals surface area contributed by atoms with Gasteiger partial charge in [0.05, 0.1) is 17.9 Å². The molecule has 0 bridgehead atoms. The van der Waals surface area contributed by atoms with Crippen molar-refractivity contribution in [1.29, 1.82) is 0 Å². The fourth-order valence-electron chi connectivity index (χ4n) is 1.71. The maximum Gasteiger partial charge on any atom is 0.401 e. The van der Waals surface area contributed by atoms with Crippen molar-refractivity contribution in [2.75, 3.05) is 30.7 Å². The van der Waals surface area contributed by atoms with Gasteiger partial charge in [0.2, 0.25) is 5.91 Å². The number of amides is 1. The van der Waals surface area contributed by atoms with Gasteiger partial charge >= 0.3 is 6.18 Å². The van der Waals surface area contributed by atoms with Gasteiger partial charge in [-0.1, -0.05) is 18.5 Å². The van der Waals surface area contributed by atoms with Crippen molar-refractivity contribution < 1.29 is 18.0 Å². The largest absolute Gasteiger partial charge is 0.401 e. The Morgan fingerprint density at radius 2 is 2.10 bits per heavy atom. The zero-order chi connectivity index (χ0) is 16.0. The third kappa shape index (κ3) is 6.68. The molecule has 0 radical (unpaired) electrons. The molecule has 0 fully saturated rings. The van der Waals surface area contributed by atoms with Crippen molar-refractivity contribution in [1.82, 2.24) is 4.90 Å². The van der Waals surface area contributed by atoms with Crippen molar-refractivity contribution in [3.63, 3.8) is 0 Å². The number of benzene rings is 1. The Morgan fingerprint density at radius 3 is 2.67 bits per heavy atom. The van der Waals surface area contributed by atoms with E-state index in [0.29, 0.717) is 16.4 Å². The van der Waals surface area contributed by atoms with E-state index in [0.717, 1.165) is 4.90 Å². The van der Waals surface area contributed by atoms with E-state index in [-0.39, 0.29) is 19.5 Å². The fourth-order valence-corrected chi connectivity index (χ4v) is 1.88. The van der Waals surface area contributed by atoms with Crippen LogP contribution in [0.15, 0.2) is 18.2 Å². The fraction of sp³-hybridized carbons (Fsp3) is 0.462. The summed E-state index contributed by atoms with van der Waals surface area (Å²) in [6.07, 6.45) is -4.33. The van der Waals surface area contributed by atoms with E-state index in [2.05, 4.69) is 5.32 Å². The van der Waals surface area contributed by atoms with Crippen molar-refractivity contribution in [3.8, 4) is 0 Å². The number of halogens is 4. The van der Waals surface area contributed by atoms with Crippen LogP contribution in [-0.4, -0.2) is 36.6 Å². The Balaban J connectivity index is 2.52. The summed E-state index contributed by atoms with van der Waals surface area (Å²) >= 11 is 5.78. The Hall–Kier alpha value is -1.47. The minimum atomic E-state index is -4.27. The van der Waals surface area contributed by atoms with Crippen molar-refractivity contribution in [3.05, 3.63) is 23.2 Å². The number of anilines is 2. The number of nitrogens with two attached hydrogens (primary N) is 1. The number of hydrogen-bond acceptors (Lipinski definition) is 3. The van der Waals surface area contributed by atoms with Crippen LogP contribution in [0.1, 0.15) is 13.3 Å². The van der Waals surface area contributed by atoms with Gasteiger partial charge in [-0.05, 0) is 24.7 Å². The number of nitrogen functional groups attached to an aromatic ring is 1. The number of nitrogens with zero attached hydrogens (tertiary/aromatic N) is 1. The molecule has 1 rings (SSSR count). The van der Waals surface area contributed by atoms with E-state index in [4.69, 9.17) is 17.3 Å². The second kappa shape index (κ2) is 7.51. The third-order valence-corrected chi connectivity index (χ3v) is 3.03. The average Bonchev–Trinajstić information content (AvgIpc) is 2.37. The molecule has 0 aliphatic carbocycles. The molecule has 0 aliphatic rings. The summed E-state index contributed by atoms with van der Waals surface area (Å²) in [5.74, 6) is -0.412. The molecule has 1 aromatic carbocycles. The molecule has 0 saturated carbocycles. The van der Waals surface area contributed by atoms with Gasteiger partial charge in [-0.3, -0.25) is 9.69 Å². The highest BCUT2D eigenvalue weighted by molar-refractivity contribution is 6.31. The highest BCUT2D eigenvalue weighted by Gasteiger charge is 2.30. The number of hydrogen-bond donors (Lipinski definition) is 2. The van der Waals surface area contributed by atoms with Crippen LogP contribution in [-0.2, 0) is 4.79 Å². The van der Waals surface area contributed by atoms with Crippen molar-refractivity contribution >= 4 is 28.9 Å². The zero-order valence-electron chi connectivity index (χ0n) is 11.5. The Kier molecular flexibility index (Phi) is 6.29. The molecule has 1 aromatic rings. The van der Waals surface area contributed by atoms with Crippen LogP contribution in [0.4, 0.5) is 24.5 Å². The normalized spacial score (nSPS) is 11.7. The molecular weight excluding hydrogens is 307 g/mol. The second-order valence-corrected chi connectivity index (χ2v) is 4.95. The highest BCUT2D eigenvalue weighted by atomic mass is 35.5. The van der Waals surface area contributed by atoms with Gasteiger partial charge in [0.1, 0.15) is 0 Å². The number of alkyl halides is 3. The Bertz CT molecular complexity index is 494. The molecule has 0 unspecified atom stereocenters. The molecule has 0 heterocycles. The van der Waals surface area contributed by atoms with E-state index in [1.54, 1.807) is 19.1 Å². The maximum atomic E-state index is 12.3. The summed E-state index contributed by atoms with van der Waals surface area (Å²) in [5, 5.41) is 2.95. The third-order valence-electron chi connectivity index (χ3n) is 2.79. The molecular formula is C13H17ClF3N3O. The van der Waals surface area contributed by atoms with Crippen LogP contribution in [0.2, 0.25) is 5.02 Å². The van der Waals surface area contributed by atoms with Crippen LogP contribution >= 0.6 is 11.6 Å². The predicted octanol–water partition coefficient (Wildman–Crippen LogP) is 3.14. The van der Waals surface area contributed by atoms with Crippen LogP contribution in [0.25, 0.3) is 0 Å². The lowest BCUT2D eigenvalue weighted by molar-refractivity contribution is -0.146. The summed E-state index contributed by atoms with van der Waals surface area (Å²) in [5.41, 5.74) is 6.37. The standard InChI is InChI=1S/C13H17ClF3N3O/c1-2-20(8-13(15,16)17)6-5-12(21)19-11-7-9(14)3-4-10(11)18/h3-4,7H,2,5-6,8,18H2,1H3,(H,19,21). The minimum Gasteiger partial charge on any atom is -0.397 e. The molecule has 3 N–H and O–H groups in total. The molecule has 1 amide bonds. The van der Waals surface area contributed by atoms with Gasteiger partial charge in [-0.2, -0.15) is 13.2 Å². The van der Waals surface area contributed by atoms with E-state index < -0.39 is 18.6 Å². The van der Waals surface area contributed by atoms with E-state index in [9.17, 15) is 18.0 Å². The number of nitrogens with one attached hydrogen (secondary N) is 1. The molecule has 8 heteroatoms. The number of rotatable bonds is 6. The lowest BCUT2D eigenvalue weighted by Gasteiger charge is -2.21. The summed E-state index contributed by atoms with van der Waals surface area (Å²) < 4.78 is 36.9. The smallest absolute Gasteiger partial charge is 0.397 e. The number of carbonyl (C=O) groups is 1. The molecule has 4 nitrogen and oxygen atoms in total. The predicted molar refractivity (Wildman–Crippen MR) is 77.3 cm³/mol. The molecule has 21 heavy (non-hydrogen) atoms. The van der Waals surface area contributed by atoms with Gasteiger partial charge in [0, 0.05) is 18.0 Å². The van der Waals surface area contributed by atoms with Crippen LogP contribution in [0.5, 0.6) is 0 Å². The summed E-state index contributed by atoms with van der Waals surface area (Å²) in [4.78, 5) is 12.9. The quantitative estimate of drug-likeness (QED) is 0.791. The summed E-state index contributed by atoms with van der Waals surface area (Å²) in [7, 11) is 0. The first-order valence-electron chi connectivity index (χ1n) is 6.35. The lowest BCUT2D eigenvalue weighted by atomic mass is 10.2. The molecule has 0 atom stereocenters. The summed E-state index contributed by atoms with van der Waals surface area (Å²) in [6, 6.07) is 4.61. The van der Waals surface area contributed by atoms with Gasteiger partial charge in [0.15, 0.2) is 0 Å². The van der Waals surface area contributed by atoms with Gasteiger partial charge in [-0.25, -0.2) is 0 Å². The Morgan fingerprint density at radius 1 is 1.43 bits per heavy atom. The first kappa shape index (κ1) is 17.6. The van der Waals surface area contributed by atoms with Gasteiger partial charge in [-0.15, -0.1) is 0 Å². The molecule has 0 aliphatic heterocycles. The SMILES string of the molecule is CCN(CCC(=O)Nc1cc(Cl)ccc1N)CC(F)(F)F. The topological polar surface area (TPSA) is 58.4 Å². The van der Waals surface area contributed by atoms with E-state index in [1.165, 1.54) is 6.07 Å².